The number of pyridine rings is 2. The molecule has 5 heterocycles. The second-order valence-corrected chi connectivity index (χ2v) is 5.38. The van der Waals surface area contributed by atoms with Crippen molar-refractivity contribution in [3.05, 3.63) is 42.4 Å². The second kappa shape index (κ2) is 3.49. The first-order chi connectivity index (χ1) is 11.5. The van der Waals surface area contributed by atoms with E-state index in [0.29, 0.717) is 17.7 Å². The smallest absolute Gasteiger partial charge is 0.261 e. The summed E-state index contributed by atoms with van der Waals surface area (Å²) in [5.41, 5.74) is 4.27. The Bertz CT molecular complexity index is 1140. The molecule has 0 aromatic carbocycles. The summed E-state index contributed by atoms with van der Waals surface area (Å²) < 4.78 is 29.4. The number of fused-ring (bicyclic) bond motifs is 7. The Kier molecular flexibility index (Phi) is 1.42. The van der Waals surface area contributed by atoms with Crippen LogP contribution in [0.4, 0.5) is 0 Å². The van der Waals surface area contributed by atoms with Crippen LogP contribution in [-0.4, -0.2) is 19.1 Å². The molecule has 0 unspecified atom stereocenters. The van der Waals surface area contributed by atoms with E-state index in [0.717, 1.165) is 28.0 Å². The standard InChI is InChI=1S/C16H14N5/c1-19-12-8-17-7-5-11(12)14-16(19)20(2)15-13-10(9-21(14)15)4-3-6-18-13/h3-8H,9H2,1-2H3/q+1/i1D3. The number of hydrogen-bond donors (Lipinski definition) is 0. The summed E-state index contributed by atoms with van der Waals surface area (Å²) in [7, 11) is 1.90. The molecule has 0 fully saturated rings. The minimum absolute atomic E-state index is 0.623. The van der Waals surface area contributed by atoms with Crippen LogP contribution < -0.4 is 4.57 Å². The van der Waals surface area contributed by atoms with Gasteiger partial charge in [0.2, 0.25) is 0 Å². The molecule has 102 valence electrons. The third-order valence-electron chi connectivity index (χ3n) is 4.31. The fourth-order valence-electron chi connectivity index (χ4n) is 3.45. The lowest BCUT2D eigenvalue weighted by molar-refractivity contribution is -0.636. The first-order valence-corrected chi connectivity index (χ1v) is 6.80. The van der Waals surface area contributed by atoms with Gasteiger partial charge in [-0.2, -0.15) is 0 Å². The van der Waals surface area contributed by atoms with Crippen molar-refractivity contribution in [1.82, 2.24) is 19.1 Å². The molecule has 21 heavy (non-hydrogen) atoms. The van der Waals surface area contributed by atoms with Gasteiger partial charge in [-0.3, -0.25) is 9.55 Å². The molecule has 0 saturated carbocycles. The van der Waals surface area contributed by atoms with Crippen LogP contribution in [0.15, 0.2) is 36.8 Å². The van der Waals surface area contributed by atoms with E-state index in [2.05, 4.69) is 20.6 Å². The Hall–Kier alpha value is -2.69. The molecule has 0 atom stereocenters. The quantitative estimate of drug-likeness (QED) is 0.405. The number of rotatable bonds is 0. The van der Waals surface area contributed by atoms with Gasteiger partial charge in [0.1, 0.15) is 11.2 Å². The SMILES string of the molecule is [2H]C([2H])([2H])n1c2cnccc2c2c1[n+](C)c1n2Cc2cccnc2-1. The van der Waals surface area contributed by atoms with Gasteiger partial charge in [-0.25, -0.2) is 14.1 Å². The molecule has 5 rings (SSSR count). The van der Waals surface area contributed by atoms with E-state index >= 15 is 0 Å². The summed E-state index contributed by atoms with van der Waals surface area (Å²) in [6.45, 7) is -1.59. The van der Waals surface area contributed by atoms with Gasteiger partial charge >= 0.3 is 0 Å². The summed E-state index contributed by atoms with van der Waals surface area (Å²) in [5, 5.41) is 0.894. The molecule has 0 spiro atoms. The van der Waals surface area contributed by atoms with E-state index in [-0.39, 0.29) is 0 Å². The van der Waals surface area contributed by atoms with Gasteiger partial charge in [-0.15, -0.1) is 0 Å². The Morgan fingerprint density at radius 2 is 2.29 bits per heavy atom. The van der Waals surface area contributed by atoms with E-state index in [1.807, 2.05) is 23.7 Å². The van der Waals surface area contributed by atoms with Crippen LogP contribution in [0.2, 0.25) is 0 Å². The predicted octanol–water partition coefficient (Wildman–Crippen LogP) is 1.78. The predicted molar refractivity (Wildman–Crippen MR) is 79.7 cm³/mol. The topological polar surface area (TPSA) is 39.5 Å². The zero-order valence-corrected chi connectivity index (χ0v) is 11.4. The number of imidazole rings is 1. The molecule has 5 nitrogen and oxygen atoms in total. The summed E-state index contributed by atoms with van der Waals surface area (Å²) in [4.78, 5) is 8.63. The first-order valence-electron chi connectivity index (χ1n) is 8.30. The molecular weight excluding hydrogens is 262 g/mol. The van der Waals surface area contributed by atoms with Crippen molar-refractivity contribution in [2.45, 2.75) is 6.54 Å². The molecule has 0 bridgehead atoms. The monoisotopic (exact) mass is 279 g/mol. The maximum Gasteiger partial charge on any atom is 0.269 e. The molecule has 4 aromatic heterocycles. The van der Waals surface area contributed by atoms with Crippen molar-refractivity contribution >= 4 is 22.1 Å². The molecule has 0 aliphatic carbocycles. The number of aromatic nitrogens is 5. The fraction of sp³-hybridized carbons (Fsp3) is 0.188. The van der Waals surface area contributed by atoms with Gasteiger partial charge < -0.3 is 0 Å². The van der Waals surface area contributed by atoms with Gasteiger partial charge in [0.25, 0.3) is 11.5 Å². The van der Waals surface area contributed by atoms with Crippen molar-refractivity contribution < 1.29 is 8.68 Å². The molecule has 0 N–H and O–H groups in total. The van der Waals surface area contributed by atoms with Gasteiger partial charge in [0, 0.05) is 18.0 Å². The van der Waals surface area contributed by atoms with Crippen LogP contribution in [0, 0.1) is 0 Å². The highest BCUT2D eigenvalue weighted by Crippen LogP contribution is 2.35. The first kappa shape index (κ1) is 8.56. The summed E-state index contributed by atoms with van der Waals surface area (Å²) in [6, 6.07) is 5.87. The molecule has 0 amide bonds. The normalized spacial score (nSPS) is 15.8. The lowest BCUT2D eigenvalue weighted by atomic mass is 10.2. The Balaban J connectivity index is 2.02. The number of nitrogens with zero attached hydrogens (tertiary/aromatic N) is 5. The van der Waals surface area contributed by atoms with Gasteiger partial charge in [-0.1, -0.05) is 6.07 Å². The molecule has 0 saturated heterocycles. The molecule has 0 radical (unpaired) electrons. The molecule has 5 heteroatoms. The van der Waals surface area contributed by atoms with E-state index in [1.54, 1.807) is 18.6 Å². The zero-order chi connectivity index (χ0) is 16.6. The van der Waals surface area contributed by atoms with E-state index in [1.165, 1.54) is 4.57 Å². The maximum atomic E-state index is 7.98. The molecule has 1 aliphatic rings. The Morgan fingerprint density at radius 1 is 1.33 bits per heavy atom. The van der Waals surface area contributed by atoms with Crippen molar-refractivity contribution in [2.24, 2.45) is 14.0 Å². The number of aryl methyl sites for hydroxylation is 2. The summed E-state index contributed by atoms with van der Waals surface area (Å²) in [5.74, 6) is 0.937. The highest BCUT2D eigenvalue weighted by Gasteiger charge is 2.34. The van der Waals surface area contributed by atoms with Gasteiger partial charge in [-0.05, 0) is 12.1 Å². The Labute approximate surface area is 125 Å². The summed E-state index contributed by atoms with van der Waals surface area (Å²) >= 11 is 0. The Morgan fingerprint density at radius 3 is 3.19 bits per heavy atom. The third-order valence-corrected chi connectivity index (χ3v) is 4.31. The lowest BCUT2D eigenvalue weighted by Crippen LogP contribution is -2.31. The van der Waals surface area contributed by atoms with Crippen LogP contribution in [0.5, 0.6) is 0 Å². The van der Waals surface area contributed by atoms with Crippen molar-refractivity contribution in [2.75, 3.05) is 0 Å². The minimum Gasteiger partial charge on any atom is -0.261 e. The molecule has 4 aromatic rings. The zero-order valence-electron chi connectivity index (χ0n) is 14.4. The second-order valence-electron chi connectivity index (χ2n) is 5.38. The van der Waals surface area contributed by atoms with E-state index in [9.17, 15) is 0 Å². The third kappa shape index (κ3) is 1.15. The van der Waals surface area contributed by atoms with Crippen LogP contribution >= 0.6 is 0 Å². The van der Waals surface area contributed by atoms with Crippen LogP contribution in [0.1, 0.15) is 9.68 Å². The maximum absolute atomic E-state index is 7.98. The number of hydrogen-bond acceptors (Lipinski definition) is 2. The fourth-order valence-corrected chi connectivity index (χ4v) is 3.45. The van der Waals surface area contributed by atoms with Gasteiger partial charge in [0.05, 0.1) is 36.3 Å². The van der Waals surface area contributed by atoms with Crippen LogP contribution in [0.3, 0.4) is 0 Å². The highest BCUT2D eigenvalue weighted by molar-refractivity contribution is 6.04. The highest BCUT2D eigenvalue weighted by atomic mass is 15.2. The molecule has 1 aliphatic heterocycles. The van der Waals surface area contributed by atoms with Crippen LogP contribution in [0.25, 0.3) is 33.6 Å². The van der Waals surface area contributed by atoms with E-state index in [4.69, 9.17) is 4.11 Å². The molecular formula is C16H14N5+. The van der Waals surface area contributed by atoms with Crippen molar-refractivity contribution in [3.8, 4) is 11.5 Å². The summed E-state index contributed by atoms with van der Waals surface area (Å²) in [6.07, 6.45) is 5.09. The largest absolute Gasteiger partial charge is 0.269 e. The minimum atomic E-state index is -2.28. The van der Waals surface area contributed by atoms with Crippen LogP contribution in [-0.2, 0) is 20.6 Å². The average molecular weight is 279 g/mol. The van der Waals surface area contributed by atoms with Crippen molar-refractivity contribution in [3.63, 3.8) is 0 Å². The van der Waals surface area contributed by atoms with E-state index < -0.39 is 6.98 Å². The van der Waals surface area contributed by atoms with Gasteiger partial charge in [0.15, 0.2) is 5.52 Å². The average Bonchev–Trinajstić information content (AvgIpc) is 3.15. The van der Waals surface area contributed by atoms with Crippen molar-refractivity contribution in [1.29, 1.82) is 0 Å². The lowest BCUT2D eigenvalue weighted by Gasteiger charge is -1.97.